The molecule has 0 aromatic carbocycles. The monoisotopic (exact) mass is 126 g/mol. The summed E-state index contributed by atoms with van der Waals surface area (Å²) in [4.78, 5) is 4.08. The Bertz CT molecular complexity index is 149. The van der Waals surface area contributed by atoms with E-state index in [9.17, 15) is 0 Å². The van der Waals surface area contributed by atoms with Crippen LogP contribution in [0.1, 0.15) is 6.92 Å². The number of aliphatic imine (C=N–C) groups is 1. The Morgan fingerprint density at radius 3 is 3.00 bits per heavy atom. The molecule has 9 heavy (non-hydrogen) atoms. The molecule has 2 aliphatic rings. The molecule has 1 fully saturated rings. The zero-order valence-corrected chi connectivity index (χ0v) is 5.20. The molecule has 2 atom stereocenters. The Morgan fingerprint density at radius 1 is 1.78 bits per heavy atom. The fourth-order valence-electron chi connectivity index (χ4n) is 0.913. The summed E-state index contributed by atoms with van der Waals surface area (Å²) in [6, 6.07) is 0.226. The summed E-state index contributed by atoms with van der Waals surface area (Å²) < 4.78 is 10.2. The smallest absolute Gasteiger partial charge is 0.185 e. The van der Waals surface area contributed by atoms with Crippen LogP contribution in [0.2, 0.25) is 0 Å². The lowest BCUT2D eigenvalue weighted by molar-refractivity contribution is -0.0295. The molecule has 2 heterocycles. The van der Waals surface area contributed by atoms with Crippen molar-refractivity contribution in [1.29, 1.82) is 0 Å². The number of hydrogen-bond acceptors (Lipinski definition) is 3. The van der Waals surface area contributed by atoms with Gasteiger partial charge in [-0.1, -0.05) is 0 Å². The van der Waals surface area contributed by atoms with Crippen LogP contribution in [0.4, 0.5) is 0 Å². The van der Waals surface area contributed by atoms with Crippen molar-refractivity contribution in [2.45, 2.75) is 19.3 Å². The molecule has 0 aromatic heterocycles. The van der Waals surface area contributed by atoms with Crippen LogP contribution < -0.4 is 0 Å². The number of nitrogens with zero attached hydrogens (tertiary/aromatic N) is 1. The average molecular weight is 126 g/mol. The van der Waals surface area contributed by atoms with Crippen LogP contribution in [0.5, 0.6) is 0 Å². The summed E-state index contributed by atoms with van der Waals surface area (Å²) in [5.74, 6) is 0. The molecule has 3 heteroatoms. The van der Waals surface area contributed by atoms with Gasteiger partial charge in [0.25, 0.3) is 0 Å². The normalized spacial score (nSPS) is 34.8. The molecule has 3 nitrogen and oxygen atoms in total. The highest BCUT2D eigenvalue weighted by atomic mass is 16.7. The van der Waals surface area contributed by atoms with E-state index < -0.39 is 0 Å². The van der Waals surface area contributed by atoms with E-state index in [-0.39, 0.29) is 12.3 Å². The summed E-state index contributed by atoms with van der Waals surface area (Å²) in [5.41, 5.74) is 1.13. The van der Waals surface area contributed by atoms with Gasteiger partial charge in [0, 0.05) is 5.71 Å². The average Bonchev–Trinajstić information content (AvgIpc) is 2.44. The SMILES string of the molecule is CC1=NC1C1O[CH]CO1. The second-order valence-corrected chi connectivity index (χ2v) is 2.22. The lowest BCUT2D eigenvalue weighted by Crippen LogP contribution is -2.18. The Morgan fingerprint density at radius 2 is 2.56 bits per heavy atom. The van der Waals surface area contributed by atoms with E-state index >= 15 is 0 Å². The van der Waals surface area contributed by atoms with E-state index in [1.54, 1.807) is 6.61 Å². The lowest BCUT2D eigenvalue weighted by atomic mass is 10.3. The van der Waals surface area contributed by atoms with E-state index in [0.717, 1.165) is 5.71 Å². The van der Waals surface area contributed by atoms with Crippen molar-refractivity contribution in [2.24, 2.45) is 4.99 Å². The molecule has 0 amide bonds. The van der Waals surface area contributed by atoms with Gasteiger partial charge < -0.3 is 9.47 Å². The Labute approximate surface area is 53.7 Å². The fraction of sp³-hybridized carbons (Fsp3) is 0.667. The van der Waals surface area contributed by atoms with Crippen LogP contribution in [0.25, 0.3) is 0 Å². The first-order valence-electron chi connectivity index (χ1n) is 3.01. The van der Waals surface area contributed by atoms with Gasteiger partial charge in [-0.15, -0.1) is 0 Å². The Hall–Kier alpha value is -0.410. The first kappa shape index (κ1) is 5.38. The molecule has 0 N–H and O–H groups in total. The predicted octanol–water partition coefficient (Wildman–Crippen LogP) is 0.364. The van der Waals surface area contributed by atoms with Gasteiger partial charge in [-0.3, -0.25) is 4.99 Å². The van der Waals surface area contributed by atoms with E-state index in [1.807, 2.05) is 6.92 Å². The first-order chi connectivity index (χ1) is 4.38. The van der Waals surface area contributed by atoms with Crippen LogP contribution in [0, 0.1) is 6.61 Å². The third kappa shape index (κ3) is 0.862. The van der Waals surface area contributed by atoms with Crippen LogP contribution in [0.3, 0.4) is 0 Å². The quantitative estimate of drug-likeness (QED) is 0.508. The van der Waals surface area contributed by atoms with Crippen molar-refractivity contribution in [3.63, 3.8) is 0 Å². The molecule has 2 aliphatic heterocycles. The zero-order valence-electron chi connectivity index (χ0n) is 5.20. The molecular formula is C6H8NO2. The van der Waals surface area contributed by atoms with Crippen molar-refractivity contribution in [3.05, 3.63) is 6.61 Å². The summed E-state index contributed by atoms with van der Waals surface area (Å²) in [5, 5.41) is 0. The standard InChI is InChI=1S/C6H8NO2/c1-4-5(7-4)6-8-2-3-9-6/h2,5-6H,3H2,1H3. The molecule has 2 rings (SSSR count). The van der Waals surface area contributed by atoms with Crippen LogP contribution >= 0.6 is 0 Å². The molecule has 0 spiro atoms. The van der Waals surface area contributed by atoms with Crippen LogP contribution in [-0.4, -0.2) is 24.7 Å². The highest BCUT2D eigenvalue weighted by Gasteiger charge is 2.36. The zero-order chi connectivity index (χ0) is 6.27. The van der Waals surface area contributed by atoms with Crippen molar-refractivity contribution in [1.82, 2.24) is 0 Å². The van der Waals surface area contributed by atoms with E-state index in [2.05, 4.69) is 4.99 Å². The molecule has 0 aliphatic carbocycles. The van der Waals surface area contributed by atoms with Gasteiger partial charge in [-0.05, 0) is 6.92 Å². The van der Waals surface area contributed by atoms with Gasteiger partial charge in [-0.2, -0.15) is 0 Å². The largest absolute Gasteiger partial charge is 0.347 e. The molecule has 49 valence electrons. The van der Waals surface area contributed by atoms with Gasteiger partial charge in [-0.25, -0.2) is 0 Å². The predicted molar refractivity (Wildman–Crippen MR) is 32.0 cm³/mol. The highest BCUT2D eigenvalue weighted by Crippen LogP contribution is 2.23. The molecule has 0 saturated carbocycles. The molecule has 1 radical (unpaired) electrons. The maximum Gasteiger partial charge on any atom is 0.185 e. The van der Waals surface area contributed by atoms with Crippen LogP contribution in [-0.2, 0) is 9.47 Å². The second-order valence-electron chi connectivity index (χ2n) is 2.22. The molecule has 2 unspecified atom stereocenters. The Balaban J connectivity index is 1.87. The molecule has 0 aromatic rings. The van der Waals surface area contributed by atoms with E-state index in [0.29, 0.717) is 6.61 Å². The minimum absolute atomic E-state index is 0.106. The van der Waals surface area contributed by atoms with Crippen molar-refractivity contribution in [2.75, 3.05) is 6.61 Å². The Kier molecular flexibility index (Phi) is 1.07. The number of ether oxygens (including phenoxy) is 2. The number of rotatable bonds is 1. The van der Waals surface area contributed by atoms with Crippen LogP contribution in [0.15, 0.2) is 4.99 Å². The van der Waals surface area contributed by atoms with Gasteiger partial charge in [0.1, 0.15) is 12.6 Å². The summed E-state index contributed by atoms with van der Waals surface area (Å²) >= 11 is 0. The topological polar surface area (TPSA) is 30.8 Å². The summed E-state index contributed by atoms with van der Waals surface area (Å²) in [6.07, 6.45) is -0.106. The minimum atomic E-state index is -0.106. The summed E-state index contributed by atoms with van der Waals surface area (Å²) in [7, 11) is 0. The summed E-state index contributed by atoms with van der Waals surface area (Å²) in [6.45, 7) is 4.26. The van der Waals surface area contributed by atoms with Gasteiger partial charge in [0.2, 0.25) is 0 Å². The second kappa shape index (κ2) is 1.78. The van der Waals surface area contributed by atoms with E-state index in [1.165, 1.54) is 0 Å². The van der Waals surface area contributed by atoms with Crippen molar-refractivity contribution < 1.29 is 9.47 Å². The highest BCUT2D eigenvalue weighted by molar-refractivity contribution is 5.99. The van der Waals surface area contributed by atoms with Gasteiger partial charge >= 0.3 is 0 Å². The molecule has 1 saturated heterocycles. The lowest BCUT2D eigenvalue weighted by Gasteiger charge is -2.03. The maximum atomic E-state index is 5.15. The third-order valence-electron chi connectivity index (χ3n) is 1.52. The maximum absolute atomic E-state index is 5.15. The molecular weight excluding hydrogens is 118 g/mol. The van der Waals surface area contributed by atoms with Gasteiger partial charge in [0.15, 0.2) is 6.29 Å². The fourth-order valence-corrected chi connectivity index (χ4v) is 0.913. The minimum Gasteiger partial charge on any atom is -0.347 e. The third-order valence-corrected chi connectivity index (χ3v) is 1.52. The van der Waals surface area contributed by atoms with Gasteiger partial charge in [0.05, 0.1) is 6.61 Å². The van der Waals surface area contributed by atoms with Crippen molar-refractivity contribution >= 4 is 5.71 Å². The number of hydrogen-bond donors (Lipinski definition) is 0. The van der Waals surface area contributed by atoms with Crippen molar-refractivity contribution in [3.8, 4) is 0 Å². The van der Waals surface area contributed by atoms with E-state index in [4.69, 9.17) is 9.47 Å². The molecule has 0 bridgehead atoms. The first-order valence-corrected chi connectivity index (χ1v) is 3.01.